The second-order valence-corrected chi connectivity index (χ2v) is 7.13. The van der Waals surface area contributed by atoms with Crippen LogP contribution >= 0.6 is 24.0 Å². The van der Waals surface area contributed by atoms with Crippen LogP contribution in [0.5, 0.6) is 0 Å². The van der Waals surface area contributed by atoms with Crippen LogP contribution in [0.4, 0.5) is 0 Å². The SMILES string of the molecule is CC1CN(CC2(CC(N)=S)CC2)CCS1. The Balaban J connectivity index is 1.83. The zero-order valence-electron chi connectivity index (χ0n) is 9.37. The van der Waals surface area contributed by atoms with Gasteiger partial charge in [0.05, 0.1) is 4.99 Å². The quantitative estimate of drug-likeness (QED) is 0.765. The average Bonchev–Trinajstić information content (AvgIpc) is 2.83. The molecule has 0 amide bonds. The zero-order chi connectivity index (χ0) is 10.9. The van der Waals surface area contributed by atoms with Crippen LogP contribution in [-0.4, -0.2) is 40.5 Å². The van der Waals surface area contributed by atoms with Crippen molar-refractivity contribution in [2.75, 3.05) is 25.4 Å². The predicted molar refractivity (Wildman–Crippen MR) is 71.4 cm³/mol. The van der Waals surface area contributed by atoms with Crippen molar-refractivity contribution in [1.82, 2.24) is 4.90 Å². The van der Waals surface area contributed by atoms with E-state index in [2.05, 4.69) is 23.6 Å². The maximum Gasteiger partial charge on any atom is 0.0733 e. The molecule has 2 rings (SSSR count). The molecule has 1 saturated heterocycles. The minimum atomic E-state index is 0.466. The number of rotatable bonds is 4. The molecule has 2 N–H and O–H groups in total. The number of thiocarbonyl (C=S) groups is 1. The van der Waals surface area contributed by atoms with Gasteiger partial charge in [-0.25, -0.2) is 0 Å². The molecule has 15 heavy (non-hydrogen) atoms. The topological polar surface area (TPSA) is 29.3 Å². The molecule has 1 saturated carbocycles. The van der Waals surface area contributed by atoms with Gasteiger partial charge in [0.15, 0.2) is 0 Å². The fourth-order valence-electron chi connectivity index (χ4n) is 2.45. The Kier molecular flexibility index (Phi) is 3.58. The minimum Gasteiger partial charge on any atom is -0.393 e. The van der Waals surface area contributed by atoms with Crippen LogP contribution in [-0.2, 0) is 0 Å². The molecule has 0 radical (unpaired) electrons. The summed E-state index contributed by atoms with van der Waals surface area (Å²) in [5.74, 6) is 1.28. The molecular weight excluding hydrogens is 224 g/mol. The van der Waals surface area contributed by atoms with E-state index in [1.165, 1.54) is 38.2 Å². The van der Waals surface area contributed by atoms with Crippen molar-refractivity contribution in [3.63, 3.8) is 0 Å². The van der Waals surface area contributed by atoms with E-state index in [4.69, 9.17) is 18.0 Å². The summed E-state index contributed by atoms with van der Waals surface area (Å²) in [6.07, 6.45) is 3.60. The molecule has 4 heteroatoms. The van der Waals surface area contributed by atoms with Gasteiger partial charge in [0, 0.05) is 37.1 Å². The summed E-state index contributed by atoms with van der Waals surface area (Å²) < 4.78 is 0. The molecule has 2 fully saturated rings. The van der Waals surface area contributed by atoms with E-state index in [-0.39, 0.29) is 0 Å². The van der Waals surface area contributed by atoms with Crippen molar-refractivity contribution in [2.45, 2.75) is 31.4 Å². The second-order valence-electron chi connectivity index (χ2n) is 5.06. The Morgan fingerprint density at radius 2 is 2.33 bits per heavy atom. The fraction of sp³-hybridized carbons (Fsp3) is 0.909. The lowest BCUT2D eigenvalue weighted by molar-refractivity contribution is 0.231. The summed E-state index contributed by atoms with van der Waals surface area (Å²) in [4.78, 5) is 3.30. The van der Waals surface area contributed by atoms with E-state index >= 15 is 0 Å². The Morgan fingerprint density at radius 1 is 1.60 bits per heavy atom. The van der Waals surface area contributed by atoms with Gasteiger partial charge in [-0.1, -0.05) is 19.1 Å². The molecule has 0 aromatic rings. The molecule has 0 bridgehead atoms. The standard InChI is InChI=1S/C11H20N2S2/c1-9-7-13(4-5-15-9)8-11(2-3-11)6-10(12)14/h9H,2-8H2,1H3,(H2,12,14). The molecule has 0 spiro atoms. The maximum absolute atomic E-state index is 5.66. The molecule has 86 valence electrons. The van der Waals surface area contributed by atoms with Gasteiger partial charge in [0.2, 0.25) is 0 Å². The molecule has 1 aliphatic carbocycles. The first-order valence-corrected chi connectivity index (χ1v) is 7.18. The van der Waals surface area contributed by atoms with Gasteiger partial charge >= 0.3 is 0 Å². The predicted octanol–water partition coefficient (Wildman–Crippen LogP) is 1.88. The highest BCUT2D eigenvalue weighted by Crippen LogP contribution is 2.49. The Labute approximate surface area is 102 Å². The van der Waals surface area contributed by atoms with Crippen molar-refractivity contribution >= 4 is 29.0 Å². The molecular formula is C11H20N2S2. The monoisotopic (exact) mass is 244 g/mol. The first-order valence-electron chi connectivity index (χ1n) is 5.72. The van der Waals surface area contributed by atoms with E-state index in [1.54, 1.807) is 0 Å². The lowest BCUT2D eigenvalue weighted by Crippen LogP contribution is -2.40. The highest BCUT2D eigenvalue weighted by molar-refractivity contribution is 7.99. The largest absolute Gasteiger partial charge is 0.393 e. The summed E-state index contributed by atoms with van der Waals surface area (Å²) in [7, 11) is 0. The van der Waals surface area contributed by atoms with E-state index in [9.17, 15) is 0 Å². The van der Waals surface area contributed by atoms with Crippen molar-refractivity contribution in [3.8, 4) is 0 Å². The lowest BCUT2D eigenvalue weighted by atomic mass is 10.0. The molecule has 0 aromatic carbocycles. The Morgan fingerprint density at radius 3 is 2.87 bits per heavy atom. The van der Waals surface area contributed by atoms with Crippen LogP contribution in [0.15, 0.2) is 0 Å². The third-order valence-corrected chi connectivity index (χ3v) is 4.67. The van der Waals surface area contributed by atoms with Crippen molar-refractivity contribution in [2.24, 2.45) is 11.1 Å². The smallest absolute Gasteiger partial charge is 0.0733 e. The highest BCUT2D eigenvalue weighted by atomic mass is 32.2. The molecule has 1 atom stereocenters. The Bertz CT molecular complexity index is 251. The number of hydrogen-bond donors (Lipinski definition) is 1. The summed E-state index contributed by atoms with van der Waals surface area (Å²) in [6.45, 7) is 6.02. The van der Waals surface area contributed by atoms with Crippen LogP contribution in [0.25, 0.3) is 0 Å². The number of thioether (sulfide) groups is 1. The average molecular weight is 244 g/mol. The summed E-state index contributed by atoms with van der Waals surface area (Å²) >= 11 is 7.12. The second kappa shape index (κ2) is 4.60. The first kappa shape index (κ1) is 11.7. The number of nitrogens with two attached hydrogens (primary N) is 1. The molecule has 1 aliphatic heterocycles. The summed E-state index contributed by atoms with van der Waals surface area (Å²) in [5.41, 5.74) is 6.13. The van der Waals surface area contributed by atoms with Gasteiger partial charge in [-0.3, -0.25) is 0 Å². The van der Waals surface area contributed by atoms with Crippen molar-refractivity contribution < 1.29 is 0 Å². The van der Waals surface area contributed by atoms with Crippen LogP contribution in [0, 0.1) is 5.41 Å². The number of hydrogen-bond acceptors (Lipinski definition) is 3. The fourth-order valence-corrected chi connectivity index (χ4v) is 3.83. The van der Waals surface area contributed by atoms with Crippen LogP contribution in [0.1, 0.15) is 26.2 Å². The van der Waals surface area contributed by atoms with Gasteiger partial charge in [0.25, 0.3) is 0 Å². The van der Waals surface area contributed by atoms with Gasteiger partial charge in [-0.2, -0.15) is 11.8 Å². The number of nitrogens with zero attached hydrogens (tertiary/aromatic N) is 1. The van der Waals surface area contributed by atoms with E-state index in [1.807, 2.05) is 0 Å². The van der Waals surface area contributed by atoms with Crippen molar-refractivity contribution in [3.05, 3.63) is 0 Å². The summed E-state index contributed by atoms with van der Waals surface area (Å²) in [5, 5.41) is 0.791. The minimum absolute atomic E-state index is 0.466. The van der Waals surface area contributed by atoms with E-state index in [0.717, 1.165) is 11.7 Å². The zero-order valence-corrected chi connectivity index (χ0v) is 11.0. The lowest BCUT2D eigenvalue weighted by Gasteiger charge is -2.33. The summed E-state index contributed by atoms with van der Waals surface area (Å²) in [6, 6.07) is 0. The van der Waals surface area contributed by atoms with E-state index < -0.39 is 0 Å². The maximum atomic E-state index is 5.66. The van der Waals surface area contributed by atoms with Crippen LogP contribution in [0.3, 0.4) is 0 Å². The normalized spacial score (nSPS) is 30.1. The molecule has 1 unspecified atom stereocenters. The van der Waals surface area contributed by atoms with Gasteiger partial charge in [0.1, 0.15) is 0 Å². The van der Waals surface area contributed by atoms with Gasteiger partial charge in [-0.15, -0.1) is 0 Å². The molecule has 2 aliphatic rings. The molecule has 1 heterocycles. The highest BCUT2D eigenvalue weighted by Gasteiger charge is 2.44. The van der Waals surface area contributed by atoms with Crippen molar-refractivity contribution in [1.29, 1.82) is 0 Å². The van der Waals surface area contributed by atoms with Crippen LogP contribution in [0.2, 0.25) is 0 Å². The van der Waals surface area contributed by atoms with Gasteiger partial charge < -0.3 is 10.6 Å². The van der Waals surface area contributed by atoms with Crippen LogP contribution < -0.4 is 5.73 Å². The molecule has 0 aromatic heterocycles. The Hall–Kier alpha value is 0.200. The van der Waals surface area contributed by atoms with E-state index in [0.29, 0.717) is 10.4 Å². The van der Waals surface area contributed by atoms with Gasteiger partial charge in [-0.05, 0) is 18.3 Å². The third kappa shape index (κ3) is 3.33. The third-order valence-electron chi connectivity index (χ3n) is 3.39. The molecule has 2 nitrogen and oxygen atoms in total. The first-order chi connectivity index (χ1) is 7.10.